The van der Waals surface area contributed by atoms with Crippen LogP contribution in [-0.2, 0) is 9.59 Å². The van der Waals surface area contributed by atoms with Gasteiger partial charge in [-0.1, -0.05) is 0 Å². The maximum Gasteiger partial charge on any atom is 0.221 e. The molecule has 1 aliphatic heterocycles. The van der Waals surface area contributed by atoms with Gasteiger partial charge in [-0.15, -0.1) is 0 Å². The lowest BCUT2D eigenvalue weighted by Gasteiger charge is -2.18. The first-order valence-corrected chi connectivity index (χ1v) is 3.26. The van der Waals surface area contributed by atoms with Gasteiger partial charge in [0.05, 0.1) is 0 Å². The van der Waals surface area contributed by atoms with Crippen molar-refractivity contribution in [3.63, 3.8) is 0 Å². The number of rotatable bonds is 1. The van der Waals surface area contributed by atoms with E-state index < -0.39 is 0 Å². The van der Waals surface area contributed by atoms with E-state index in [0.717, 1.165) is 0 Å². The van der Waals surface area contributed by atoms with Gasteiger partial charge in [-0.2, -0.15) is 0 Å². The fraction of sp³-hybridized carbons (Fsp3) is 0.667. The molecule has 0 spiro atoms. The third-order valence-corrected chi connectivity index (χ3v) is 1.65. The van der Waals surface area contributed by atoms with Gasteiger partial charge in [-0.05, 0) is 6.42 Å². The molecule has 3 N–H and O–H groups in total. The number of amides is 2. The Kier molecular flexibility index (Phi) is 1.89. The summed E-state index contributed by atoms with van der Waals surface area (Å²) >= 11 is 0. The molecule has 0 radical (unpaired) electrons. The first-order valence-electron chi connectivity index (χ1n) is 3.26. The molecule has 1 atom stereocenters. The van der Waals surface area contributed by atoms with Gasteiger partial charge in [-0.25, -0.2) is 0 Å². The highest BCUT2D eigenvalue weighted by atomic mass is 16.2. The zero-order valence-electron chi connectivity index (χ0n) is 5.59. The molecule has 0 aliphatic carbocycles. The highest BCUT2D eigenvalue weighted by Gasteiger charge is 2.22. The van der Waals surface area contributed by atoms with Crippen LogP contribution in [-0.4, -0.2) is 18.4 Å². The molecule has 4 nitrogen and oxygen atoms in total. The van der Waals surface area contributed by atoms with Crippen LogP contribution in [0.3, 0.4) is 0 Å². The van der Waals surface area contributed by atoms with Crippen molar-refractivity contribution in [2.24, 2.45) is 11.7 Å². The maximum absolute atomic E-state index is 10.7. The van der Waals surface area contributed by atoms with E-state index in [9.17, 15) is 9.59 Å². The zero-order chi connectivity index (χ0) is 7.56. The van der Waals surface area contributed by atoms with Crippen LogP contribution in [0.1, 0.15) is 12.8 Å². The second-order valence-electron chi connectivity index (χ2n) is 2.44. The largest absolute Gasteiger partial charge is 0.369 e. The Labute approximate surface area is 58.8 Å². The van der Waals surface area contributed by atoms with Crippen LogP contribution in [0.5, 0.6) is 0 Å². The fourth-order valence-electron chi connectivity index (χ4n) is 1.03. The normalized spacial score (nSPS) is 25.6. The number of nitrogens with two attached hydrogens (primary N) is 1. The molecule has 1 fully saturated rings. The molecule has 0 saturated carbocycles. The molecule has 1 heterocycles. The minimum Gasteiger partial charge on any atom is -0.369 e. The Morgan fingerprint density at radius 3 is 2.80 bits per heavy atom. The summed E-state index contributed by atoms with van der Waals surface area (Å²) < 4.78 is 0. The van der Waals surface area contributed by atoms with Crippen molar-refractivity contribution in [1.29, 1.82) is 0 Å². The molecule has 56 valence electrons. The maximum atomic E-state index is 10.7. The molecule has 4 heteroatoms. The molecule has 10 heavy (non-hydrogen) atoms. The standard InChI is InChI=1S/C6H10N2O2/c7-6(10)4-1-2-8-5(9)3-4/h4H,1-3H2,(H2,7,10)(H,8,9)/t4-/m1/s1. The Morgan fingerprint density at radius 1 is 1.70 bits per heavy atom. The average molecular weight is 142 g/mol. The van der Waals surface area contributed by atoms with Gasteiger partial charge >= 0.3 is 0 Å². The second-order valence-corrected chi connectivity index (χ2v) is 2.44. The first-order chi connectivity index (χ1) is 4.70. The molecule has 0 unspecified atom stereocenters. The van der Waals surface area contributed by atoms with Crippen molar-refractivity contribution >= 4 is 11.8 Å². The SMILES string of the molecule is NC(=O)[C@@H]1CCNC(=O)C1. The minimum absolute atomic E-state index is 0.0740. The molecular weight excluding hydrogens is 132 g/mol. The summed E-state index contributed by atoms with van der Waals surface area (Å²) in [6, 6.07) is 0. The predicted molar refractivity (Wildman–Crippen MR) is 34.9 cm³/mol. The lowest BCUT2D eigenvalue weighted by atomic mass is 9.97. The molecule has 1 saturated heterocycles. The topological polar surface area (TPSA) is 72.2 Å². The fourth-order valence-corrected chi connectivity index (χ4v) is 1.03. The zero-order valence-corrected chi connectivity index (χ0v) is 5.59. The lowest BCUT2D eigenvalue weighted by Crippen LogP contribution is -2.38. The molecule has 0 aromatic rings. The monoisotopic (exact) mass is 142 g/mol. The van der Waals surface area contributed by atoms with E-state index in [1.165, 1.54) is 0 Å². The van der Waals surface area contributed by atoms with E-state index in [0.29, 0.717) is 13.0 Å². The van der Waals surface area contributed by atoms with Crippen molar-refractivity contribution in [1.82, 2.24) is 5.32 Å². The van der Waals surface area contributed by atoms with E-state index in [1.807, 2.05) is 0 Å². The predicted octanol–water partition coefficient (Wildman–Crippen LogP) is -1.00. The Bertz CT molecular complexity index is 165. The number of hydrogen-bond donors (Lipinski definition) is 2. The van der Waals surface area contributed by atoms with Crippen LogP contribution < -0.4 is 11.1 Å². The van der Waals surface area contributed by atoms with Crippen LogP contribution in [0.2, 0.25) is 0 Å². The summed E-state index contributed by atoms with van der Waals surface area (Å²) in [5, 5.41) is 2.62. The van der Waals surface area contributed by atoms with Crippen molar-refractivity contribution in [3.05, 3.63) is 0 Å². The quantitative estimate of drug-likeness (QED) is 0.492. The number of carbonyl (C=O) groups excluding carboxylic acids is 2. The van der Waals surface area contributed by atoms with Crippen molar-refractivity contribution in [3.8, 4) is 0 Å². The van der Waals surface area contributed by atoms with E-state index >= 15 is 0 Å². The van der Waals surface area contributed by atoms with Crippen LogP contribution >= 0.6 is 0 Å². The summed E-state index contributed by atoms with van der Waals surface area (Å²) in [4.78, 5) is 21.2. The molecular formula is C6H10N2O2. The van der Waals surface area contributed by atoms with Gasteiger partial charge < -0.3 is 11.1 Å². The summed E-state index contributed by atoms with van der Waals surface area (Å²) in [6.45, 7) is 0.576. The van der Waals surface area contributed by atoms with E-state index in [-0.39, 0.29) is 24.2 Å². The second kappa shape index (κ2) is 2.68. The van der Waals surface area contributed by atoms with Gasteiger partial charge in [0, 0.05) is 18.9 Å². The molecule has 1 rings (SSSR count). The van der Waals surface area contributed by atoms with Crippen LogP contribution in [0.25, 0.3) is 0 Å². The van der Waals surface area contributed by atoms with Crippen molar-refractivity contribution in [2.45, 2.75) is 12.8 Å². The highest BCUT2D eigenvalue weighted by molar-refractivity contribution is 5.85. The smallest absolute Gasteiger partial charge is 0.221 e. The number of carbonyl (C=O) groups is 2. The first kappa shape index (κ1) is 7.05. The number of nitrogens with one attached hydrogen (secondary N) is 1. The van der Waals surface area contributed by atoms with E-state index in [2.05, 4.69) is 5.32 Å². The van der Waals surface area contributed by atoms with Gasteiger partial charge in [0.25, 0.3) is 0 Å². The summed E-state index contributed by atoms with van der Waals surface area (Å²) in [5.74, 6) is -0.682. The Balaban J connectivity index is 2.47. The molecule has 0 bridgehead atoms. The lowest BCUT2D eigenvalue weighted by molar-refractivity contribution is -0.130. The van der Waals surface area contributed by atoms with Crippen LogP contribution in [0.4, 0.5) is 0 Å². The summed E-state index contributed by atoms with van der Waals surface area (Å²) in [6.07, 6.45) is 0.941. The van der Waals surface area contributed by atoms with Crippen molar-refractivity contribution < 1.29 is 9.59 Å². The van der Waals surface area contributed by atoms with E-state index in [4.69, 9.17) is 5.73 Å². The third kappa shape index (κ3) is 1.46. The highest BCUT2D eigenvalue weighted by Crippen LogP contribution is 2.10. The number of primary amides is 1. The summed E-state index contributed by atoms with van der Waals surface area (Å²) in [7, 11) is 0. The van der Waals surface area contributed by atoms with Crippen LogP contribution in [0, 0.1) is 5.92 Å². The molecule has 1 aliphatic rings. The summed E-state index contributed by atoms with van der Waals surface area (Å²) in [5.41, 5.74) is 5.01. The molecule has 0 aromatic heterocycles. The number of hydrogen-bond acceptors (Lipinski definition) is 2. The van der Waals surface area contributed by atoms with Gasteiger partial charge in [0.2, 0.25) is 11.8 Å². The van der Waals surface area contributed by atoms with E-state index in [1.54, 1.807) is 0 Å². The molecule has 0 aromatic carbocycles. The minimum atomic E-state index is -0.366. The third-order valence-electron chi connectivity index (χ3n) is 1.65. The molecule has 2 amide bonds. The average Bonchev–Trinajstić information content (AvgIpc) is 1.88. The van der Waals surface area contributed by atoms with Crippen LogP contribution in [0.15, 0.2) is 0 Å². The van der Waals surface area contributed by atoms with Gasteiger partial charge in [0.15, 0.2) is 0 Å². The van der Waals surface area contributed by atoms with Crippen molar-refractivity contribution in [2.75, 3.05) is 6.54 Å². The Hall–Kier alpha value is -1.06. The van der Waals surface area contributed by atoms with Gasteiger partial charge in [0.1, 0.15) is 0 Å². The van der Waals surface area contributed by atoms with Gasteiger partial charge in [-0.3, -0.25) is 9.59 Å². The Morgan fingerprint density at radius 2 is 2.40 bits per heavy atom. The number of piperidine rings is 1.